The molecule has 0 saturated heterocycles. The molecule has 3 aromatic heterocycles. The topological polar surface area (TPSA) is 94.7 Å². The highest BCUT2D eigenvalue weighted by Crippen LogP contribution is 2.09. The van der Waals surface area contributed by atoms with Crippen LogP contribution in [0.1, 0.15) is 21.5 Å². The summed E-state index contributed by atoms with van der Waals surface area (Å²) < 4.78 is 3.17. The third-order valence-corrected chi connectivity index (χ3v) is 4.88. The van der Waals surface area contributed by atoms with E-state index in [2.05, 4.69) is 20.4 Å². The van der Waals surface area contributed by atoms with Crippen molar-refractivity contribution >= 4 is 28.5 Å². The highest BCUT2D eigenvalue weighted by Gasteiger charge is 2.11. The molecule has 152 valence electrons. The lowest BCUT2D eigenvalue weighted by atomic mass is 10.1. The van der Waals surface area contributed by atoms with Crippen LogP contribution in [0.4, 0.5) is 0 Å². The second kappa shape index (κ2) is 8.46. The molecule has 0 spiro atoms. The molecule has 30 heavy (non-hydrogen) atoms. The summed E-state index contributed by atoms with van der Waals surface area (Å²) >= 11 is 5.73. The first kappa shape index (κ1) is 19.8. The van der Waals surface area contributed by atoms with Crippen molar-refractivity contribution < 1.29 is 4.79 Å². The van der Waals surface area contributed by atoms with Crippen LogP contribution in [0.3, 0.4) is 0 Å². The van der Waals surface area contributed by atoms with Crippen molar-refractivity contribution in [2.24, 2.45) is 0 Å². The first-order valence-electron chi connectivity index (χ1n) is 9.37. The molecule has 3 heterocycles. The van der Waals surface area contributed by atoms with Crippen LogP contribution < -0.4 is 10.9 Å². The normalized spacial score (nSPS) is 11.0. The Bertz CT molecular complexity index is 1260. The van der Waals surface area contributed by atoms with Crippen molar-refractivity contribution in [3.05, 3.63) is 87.3 Å². The summed E-state index contributed by atoms with van der Waals surface area (Å²) in [6.07, 6.45) is 4.46. The Hall–Kier alpha value is -3.52. The molecule has 0 aliphatic carbocycles. The van der Waals surface area contributed by atoms with Crippen LogP contribution in [-0.4, -0.2) is 36.8 Å². The highest BCUT2D eigenvalue weighted by molar-refractivity contribution is 6.29. The fourth-order valence-electron chi connectivity index (χ4n) is 3.17. The molecule has 4 rings (SSSR count). The minimum absolute atomic E-state index is 0.149. The van der Waals surface area contributed by atoms with Gasteiger partial charge in [-0.2, -0.15) is 5.10 Å². The number of nitrogens with zero attached hydrogens (tertiary/aromatic N) is 5. The van der Waals surface area contributed by atoms with Gasteiger partial charge in [0.1, 0.15) is 16.9 Å². The lowest BCUT2D eigenvalue weighted by Gasteiger charge is -2.08. The van der Waals surface area contributed by atoms with Crippen LogP contribution in [0.2, 0.25) is 5.15 Å². The zero-order chi connectivity index (χ0) is 21.1. The van der Waals surface area contributed by atoms with Gasteiger partial charge in [0.15, 0.2) is 5.65 Å². The molecule has 0 saturated carbocycles. The Kier molecular flexibility index (Phi) is 5.58. The van der Waals surface area contributed by atoms with Gasteiger partial charge in [0.2, 0.25) is 0 Å². The molecule has 9 heteroatoms. The molecule has 0 atom stereocenters. The SMILES string of the molecule is Cc1cccc(Cn2cnc3c(cnn3CCNC(=O)c3ccc(Cl)nc3)c2=O)c1. The molecule has 4 aromatic rings. The van der Waals surface area contributed by atoms with Gasteiger partial charge in [-0.3, -0.25) is 14.2 Å². The smallest absolute Gasteiger partial charge is 0.264 e. The lowest BCUT2D eigenvalue weighted by molar-refractivity contribution is 0.0951. The zero-order valence-electron chi connectivity index (χ0n) is 16.2. The zero-order valence-corrected chi connectivity index (χ0v) is 17.0. The van der Waals surface area contributed by atoms with Gasteiger partial charge in [-0.25, -0.2) is 14.6 Å². The van der Waals surface area contributed by atoms with E-state index in [1.54, 1.807) is 21.4 Å². The van der Waals surface area contributed by atoms with Crippen molar-refractivity contribution in [3.63, 3.8) is 0 Å². The molecule has 0 aliphatic heterocycles. The van der Waals surface area contributed by atoms with Gasteiger partial charge in [0, 0.05) is 12.7 Å². The summed E-state index contributed by atoms with van der Waals surface area (Å²) in [6.45, 7) is 3.16. The highest BCUT2D eigenvalue weighted by atomic mass is 35.5. The van der Waals surface area contributed by atoms with E-state index in [4.69, 9.17) is 11.6 Å². The van der Waals surface area contributed by atoms with Gasteiger partial charge in [0.25, 0.3) is 11.5 Å². The predicted octanol–water partition coefficient (Wildman–Crippen LogP) is 2.43. The molecular formula is C21H19ClN6O2. The number of fused-ring (bicyclic) bond motifs is 1. The van der Waals surface area contributed by atoms with Crippen LogP contribution in [-0.2, 0) is 13.1 Å². The quantitative estimate of drug-likeness (QED) is 0.481. The maximum absolute atomic E-state index is 12.8. The summed E-state index contributed by atoms with van der Waals surface area (Å²) in [5.74, 6) is -0.260. The standard InChI is InChI=1S/C21H19ClN6O2/c1-14-3-2-4-15(9-14)12-27-13-25-19-17(21(27)30)11-26-28(19)8-7-23-20(29)16-5-6-18(22)24-10-16/h2-6,9-11,13H,7-8,12H2,1H3,(H,23,29). The van der Waals surface area contributed by atoms with Gasteiger partial charge < -0.3 is 5.32 Å². The monoisotopic (exact) mass is 422 g/mol. The Morgan fingerprint density at radius 2 is 2.03 bits per heavy atom. The van der Waals surface area contributed by atoms with E-state index in [0.29, 0.717) is 41.4 Å². The Morgan fingerprint density at radius 1 is 1.17 bits per heavy atom. The van der Waals surface area contributed by atoms with E-state index in [-0.39, 0.29) is 11.5 Å². The molecule has 8 nitrogen and oxygen atoms in total. The lowest BCUT2D eigenvalue weighted by Crippen LogP contribution is -2.28. The van der Waals surface area contributed by atoms with Crippen LogP contribution in [0.25, 0.3) is 11.0 Å². The first-order valence-corrected chi connectivity index (χ1v) is 9.75. The van der Waals surface area contributed by atoms with Gasteiger partial charge in [-0.05, 0) is 24.6 Å². The number of aromatic nitrogens is 5. The molecule has 1 amide bonds. The number of halogens is 1. The second-order valence-corrected chi connectivity index (χ2v) is 7.28. The number of hydrogen-bond donors (Lipinski definition) is 1. The third kappa shape index (κ3) is 4.23. The second-order valence-electron chi connectivity index (χ2n) is 6.90. The number of carbonyl (C=O) groups excluding carboxylic acids is 1. The van der Waals surface area contributed by atoms with E-state index in [1.807, 2.05) is 31.2 Å². The number of aryl methyl sites for hydroxylation is 1. The summed E-state index contributed by atoms with van der Waals surface area (Å²) in [5.41, 5.74) is 2.93. The minimum atomic E-state index is -0.260. The van der Waals surface area contributed by atoms with E-state index >= 15 is 0 Å². The van der Waals surface area contributed by atoms with Crippen LogP contribution >= 0.6 is 11.6 Å². The molecule has 1 N–H and O–H groups in total. The average molecular weight is 423 g/mol. The maximum atomic E-state index is 12.8. The number of nitrogens with one attached hydrogen (secondary N) is 1. The van der Waals surface area contributed by atoms with E-state index in [0.717, 1.165) is 11.1 Å². The van der Waals surface area contributed by atoms with Gasteiger partial charge in [0.05, 0.1) is 24.8 Å². The van der Waals surface area contributed by atoms with E-state index in [1.165, 1.54) is 18.7 Å². The predicted molar refractivity (Wildman–Crippen MR) is 114 cm³/mol. The summed E-state index contributed by atoms with van der Waals surface area (Å²) in [6, 6.07) is 11.2. The first-order chi connectivity index (χ1) is 14.5. The summed E-state index contributed by atoms with van der Waals surface area (Å²) in [5, 5.41) is 7.82. The van der Waals surface area contributed by atoms with Crippen molar-refractivity contribution in [1.82, 2.24) is 29.6 Å². The number of pyridine rings is 1. The van der Waals surface area contributed by atoms with Gasteiger partial charge >= 0.3 is 0 Å². The van der Waals surface area contributed by atoms with Gasteiger partial charge in [-0.1, -0.05) is 41.4 Å². The van der Waals surface area contributed by atoms with Gasteiger partial charge in [-0.15, -0.1) is 0 Å². The minimum Gasteiger partial charge on any atom is -0.350 e. The molecule has 1 aromatic carbocycles. The van der Waals surface area contributed by atoms with Crippen LogP contribution in [0.15, 0.2) is 59.9 Å². The van der Waals surface area contributed by atoms with Crippen LogP contribution in [0.5, 0.6) is 0 Å². The fourth-order valence-corrected chi connectivity index (χ4v) is 3.28. The Balaban J connectivity index is 1.45. The molecule has 0 aliphatic rings. The molecule has 0 unspecified atom stereocenters. The van der Waals surface area contributed by atoms with Crippen molar-refractivity contribution in [1.29, 1.82) is 0 Å². The van der Waals surface area contributed by atoms with Crippen molar-refractivity contribution in [3.8, 4) is 0 Å². The number of hydrogen-bond acceptors (Lipinski definition) is 5. The van der Waals surface area contributed by atoms with Crippen molar-refractivity contribution in [2.75, 3.05) is 6.54 Å². The number of benzene rings is 1. The van der Waals surface area contributed by atoms with E-state index < -0.39 is 0 Å². The maximum Gasteiger partial charge on any atom is 0.264 e. The Labute approximate surface area is 177 Å². The molecule has 0 bridgehead atoms. The fraction of sp³-hybridized carbons (Fsp3) is 0.190. The number of carbonyl (C=O) groups is 1. The van der Waals surface area contributed by atoms with Crippen LogP contribution in [0, 0.1) is 6.92 Å². The number of amides is 1. The van der Waals surface area contributed by atoms with Crippen molar-refractivity contribution in [2.45, 2.75) is 20.0 Å². The molecule has 0 fully saturated rings. The largest absolute Gasteiger partial charge is 0.350 e. The molecule has 0 radical (unpaired) electrons. The summed E-state index contributed by atoms with van der Waals surface area (Å²) in [7, 11) is 0. The number of rotatable bonds is 6. The Morgan fingerprint density at radius 3 is 2.80 bits per heavy atom. The molecular weight excluding hydrogens is 404 g/mol. The average Bonchev–Trinajstić information content (AvgIpc) is 3.14. The third-order valence-electron chi connectivity index (χ3n) is 4.66. The summed E-state index contributed by atoms with van der Waals surface area (Å²) in [4.78, 5) is 33.3. The van der Waals surface area contributed by atoms with E-state index in [9.17, 15) is 9.59 Å².